The molecule has 100 valence electrons. The molecule has 0 saturated heterocycles. The minimum atomic E-state index is -1.09. The Hall–Kier alpha value is -1.48. The molecule has 1 aliphatic carbocycles. The molecular formula is C13H11BrF2N2O. The van der Waals surface area contributed by atoms with Crippen molar-refractivity contribution in [2.75, 3.05) is 5.32 Å². The van der Waals surface area contributed by atoms with Crippen LogP contribution in [0, 0.1) is 28.4 Å². The first-order valence-electron chi connectivity index (χ1n) is 5.86. The molecule has 0 aromatic heterocycles. The standard InChI is InChI=1S/C13H11BrF2N2O/c14-8-5-11(10(16)6-9(8)15)18-12(19)13(7-17)3-1-2-4-13/h5-6H,1-4H2,(H,18,19). The number of benzene rings is 1. The predicted octanol–water partition coefficient (Wildman–Crippen LogP) is 3.75. The molecule has 0 aliphatic heterocycles. The third-order valence-electron chi connectivity index (χ3n) is 3.36. The number of nitriles is 1. The maximum Gasteiger partial charge on any atom is 0.244 e. The molecule has 0 bridgehead atoms. The van der Waals surface area contributed by atoms with Gasteiger partial charge in [0.1, 0.15) is 17.0 Å². The van der Waals surface area contributed by atoms with E-state index in [9.17, 15) is 13.6 Å². The van der Waals surface area contributed by atoms with Gasteiger partial charge in [0.15, 0.2) is 0 Å². The van der Waals surface area contributed by atoms with Gasteiger partial charge in [-0.2, -0.15) is 5.26 Å². The Kier molecular flexibility index (Phi) is 3.85. The first-order valence-corrected chi connectivity index (χ1v) is 6.65. The van der Waals surface area contributed by atoms with Crippen LogP contribution in [0.25, 0.3) is 0 Å². The molecule has 0 spiro atoms. The van der Waals surface area contributed by atoms with Gasteiger partial charge in [-0.15, -0.1) is 0 Å². The monoisotopic (exact) mass is 328 g/mol. The van der Waals surface area contributed by atoms with Gasteiger partial charge in [0, 0.05) is 6.07 Å². The van der Waals surface area contributed by atoms with Crippen molar-refractivity contribution in [1.29, 1.82) is 5.26 Å². The molecule has 2 rings (SSSR count). The van der Waals surface area contributed by atoms with E-state index in [0.717, 1.165) is 18.9 Å². The van der Waals surface area contributed by atoms with E-state index in [2.05, 4.69) is 21.2 Å². The fourth-order valence-corrected chi connectivity index (χ4v) is 2.57. The summed E-state index contributed by atoms with van der Waals surface area (Å²) < 4.78 is 26.7. The van der Waals surface area contributed by atoms with Crippen LogP contribution in [0.4, 0.5) is 14.5 Å². The maximum atomic E-state index is 13.5. The van der Waals surface area contributed by atoms with Gasteiger partial charge in [0.05, 0.1) is 16.2 Å². The summed E-state index contributed by atoms with van der Waals surface area (Å²) >= 11 is 2.93. The van der Waals surface area contributed by atoms with E-state index in [4.69, 9.17) is 5.26 Å². The van der Waals surface area contributed by atoms with Crippen molar-refractivity contribution in [2.24, 2.45) is 5.41 Å². The number of carbonyl (C=O) groups excluding carboxylic acids is 1. The number of hydrogen-bond acceptors (Lipinski definition) is 2. The smallest absolute Gasteiger partial charge is 0.244 e. The van der Waals surface area contributed by atoms with Crippen LogP contribution < -0.4 is 5.32 Å². The van der Waals surface area contributed by atoms with Crippen molar-refractivity contribution in [2.45, 2.75) is 25.7 Å². The molecule has 0 heterocycles. The molecule has 1 fully saturated rings. The van der Waals surface area contributed by atoms with Crippen molar-refractivity contribution >= 4 is 27.5 Å². The fourth-order valence-electron chi connectivity index (χ4n) is 2.23. The molecule has 3 nitrogen and oxygen atoms in total. The lowest BCUT2D eigenvalue weighted by Gasteiger charge is -2.19. The number of halogens is 3. The minimum absolute atomic E-state index is 0.0571. The molecule has 1 aromatic carbocycles. The average molecular weight is 329 g/mol. The third-order valence-corrected chi connectivity index (χ3v) is 3.97. The molecule has 6 heteroatoms. The highest BCUT2D eigenvalue weighted by Gasteiger charge is 2.41. The summed E-state index contributed by atoms with van der Waals surface area (Å²) in [6.45, 7) is 0. The van der Waals surface area contributed by atoms with Gasteiger partial charge < -0.3 is 5.32 Å². The van der Waals surface area contributed by atoms with E-state index >= 15 is 0 Å². The lowest BCUT2D eigenvalue weighted by atomic mass is 9.87. The van der Waals surface area contributed by atoms with Crippen molar-refractivity contribution in [3.8, 4) is 6.07 Å². The average Bonchev–Trinajstić information content (AvgIpc) is 2.86. The molecule has 1 aromatic rings. The van der Waals surface area contributed by atoms with Gasteiger partial charge in [-0.05, 0) is 34.8 Å². The Balaban J connectivity index is 2.24. The van der Waals surface area contributed by atoms with E-state index in [1.807, 2.05) is 6.07 Å². The molecule has 1 aliphatic rings. The number of rotatable bonds is 2. The van der Waals surface area contributed by atoms with Crippen LogP contribution in [0.3, 0.4) is 0 Å². The normalized spacial score (nSPS) is 16.9. The van der Waals surface area contributed by atoms with Crippen molar-refractivity contribution in [3.63, 3.8) is 0 Å². The first-order chi connectivity index (χ1) is 8.98. The summed E-state index contributed by atoms with van der Waals surface area (Å²) in [5.41, 5.74) is -1.22. The summed E-state index contributed by atoms with van der Waals surface area (Å²) in [5, 5.41) is 11.5. The summed E-state index contributed by atoms with van der Waals surface area (Å²) in [7, 11) is 0. The summed E-state index contributed by atoms with van der Waals surface area (Å²) in [4.78, 5) is 12.1. The van der Waals surface area contributed by atoms with Crippen LogP contribution in [0.2, 0.25) is 0 Å². The Morgan fingerprint density at radius 1 is 1.32 bits per heavy atom. The lowest BCUT2D eigenvalue weighted by molar-refractivity contribution is -0.122. The predicted molar refractivity (Wildman–Crippen MR) is 69.2 cm³/mol. The Bertz CT molecular complexity index is 562. The molecule has 19 heavy (non-hydrogen) atoms. The van der Waals surface area contributed by atoms with Crippen LogP contribution in [0.5, 0.6) is 0 Å². The second-order valence-electron chi connectivity index (χ2n) is 4.60. The first kappa shape index (κ1) is 13.9. The van der Waals surface area contributed by atoms with Crippen molar-refractivity contribution in [3.05, 3.63) is 28.2 Å². The van der Waals surface area contributed by atoms with E-state index in [-0.39, 0.29) is 10.2 Å². The van der Waals surface area contributed by atoms with Crippen molar-refractivity contribution < 1.29 is 13.6 Å². The fraction of sp³-hybridized carbons (Fsp3) is 0.385. The topological polar surface area (TPSA) is 52.9 Å². The van der Waals surface area contributed by atoms with Gasteiger partial charge in [-0.3, -0.25) is 4.79 Å². The van der Waals surface area contributed by atoms with Gasteiger partial charge in [-0.1, -0.05) is 12.8 Å². The molecule has 1 N–H and O–H groups in total. The quantitative estimate of drug-likeness (QED) is 0.840. The zero-order chi connectivity index (χ0) is 14.0. The molecular weight excluding hydrogens is 318 g/mol. The highest BCUT2D eigenvalue weighted by molar-refractivity contribution is 9.10. The number of carbonyl (C=O) groups is 1. The largest absolute Gasteiger partial charge is 0.322 e. The highest BCUT2D eigenvalue weighted by atomic mass is 79.9. The second kappa shape index (κ2) is 5.25. The van der Waals surface area contributed by atoms with E-state index in [0.29, 0.717) is 18.9 Å². The zero-order valence-corrected chi connectivity index (χ0v) is 11.6. The van der Waals surface area contributed by atoms with Crippen molar-refractivity contribution in [1.82, 2.24) is 0 Å². The Labute approximate surface area is 117 Å². The van der Waals surface area contributed by atoms with Gasteiger partial charge >= 0.3 is 0 Å². The zero-order valence-electron chi connectivity index (χ0n) is 9.97. The van der Waals surface area contributed by atoms with Gasteiger partial charge in [0.2, 0.25) is 5.91 Å². The molecule has 0 radical (unpaired) electrons. The molecule has 0 atom stereocenters. The Morgan fingerprint density at radius 3 is 2.53 bits per heavy atom. The second-order valence-corrected chi connectivity index (χ2v) is 5.46. The van der Waals surface area contributed by atoms with Gasteiger partial charge in [-0.25, -0.2) is 8.78 Å². The number of amides is 1. The summed E-state index contributed by atoms with van der Waals surface area (Å²) in [6.07, 6.45) is 2.55. The van der Waals surface area contributed by atoms with Crippen LogP contribution in [-0.4, -0.2) is 5.91 Å². The lowest BCUT2D eigenvalue weighted by Crippen LogP contribution is -2.32. The number of nitrogens with zero attached hydrogens (tertiary/aromatic N) is 1. The number of hydrogen-bond donors (Lipinski definition) is 1. The van der Waals surface area contributed by atoms with Crippen LogP contribution in [0.1, 0.15) is 25.7 Å². The molecule has 0 unspecified atom stereocenters. The van der Waals surface area contributed by atoms with E-state index < -0.39 is 23.0 Å². The molecule has 1 amide bonds. The minimum Gasteiger partial charge on any atom is -0.322 e. The third kappa shape index (κ3) is 2.61. The van der Waals surface area contributed by atoms with Crippen LogP contribution >= 0.6 is 15.9 Å². The summed E-state index contributed by atoms with van der Waals surface area (Å²) in [5.74, 6) is -2.13. The maximum absolute atomic E-state index is 13.5. The van der Waals surface area contributed by atoms with Crippen LogP contribution in [-0.2, 0) is 4.79 Å². The molecule has 1 saturated carbocycles. The highest BCUT2D eigenvalue weighted by Crippen LogP contribution is 2.38. The van der Waals surface area contributed by atoms with Crippen LogP contribution in [0.15, 0.2) is 16.6 Å². The number of nitrogens with one attached hydrogen (secondary N) is 1. The SMILES string of the molecule is N#CC1(C(=O)Nc2cc(Br)c(F)cc2F)CCCC1. The number of anilines is 1. The summed E-state index contributed by atoms with van der Waals surface area (Å²) in [6, 6.07) is 3.87. The Morgan fingerprint density at radius 2 is 1.95 bits per heavy atom. The van der Waals surface area contributed by atoms with E-state index in [1.54, 1.807) is 0 Å². The van der Waals surface area contributed by atoms with E-state index in [1.165, 1.54) is 0 Å². The van der Waals surface area contributed by atoms with Gasteiger partial charge in [0.25, 0.3) is 0 Å².